The van der Waals surface area contributed by atoms with Crippen molar-refractivity contribution in [3.63, 3.8) is 0 Å². The first-order valence-electron chi connectivity index (χ1n) is 6.62. The molecular weight excluding hydrogens is 256 g/mol. The molecule has 0 radical (unpaired) electrons. The minimum absolute atomic E-state index is 0.188. The fraction of sp³-hybridized carbons (Fsp3) is 0.467. The number of nitrogens with one attached hydrogen (secondary N) is 2. The zero-order valence-corrected chi connectivity index (χ0v) is 12.4. The van der Waals surface area contributed by atoms with Gasteiger partial charge in [0.25, 0.3) is 0 Å². The second kappa shape index (κ2) is 7.53. The van der Waals surface area contributed by atoms with E-state index in [-0.39, 0.29) is 11.8 Å². The lowest BCUT2D eigenvalue weighted by atomic mass is 10.1. The first-order valence-corrected chi connectivity index (χ1v) is 6.62. The molecule has 20 heavy (non-hydrogen) atoms. The van der Waals surface area contributed by atoms with E-state index < -0.39 is 6.04 Å². The van der Waals surface area contributed by atoms with Gasteiger partial charge in [0, 0.05) is 13.5 Å². The number of hydrogen-bond acceptors (Lipinski definition) is 3. The molecule has 0 saturated heterocycles. The summed E-state index contributed by atoms with van der Waals surface area (Å²) in [5.41, 5.74) is 2.21. The van der Waals surface area contributed by atoms with Crippen molar-refractivity contribution in [3.8, 4) is 5.75 Å². The highest BCUT2D eigenvalue weighted by atomic mass is 16.5. The van der Waals surface area contributed by atoms with Crippen LogP contribution in [0.25, 0.3) is 0 Å². The summed E-state index contributed by atoms with van der Waals surface area (Å²) in [7, 11) is 1.63. The standard InChI is InChI=1S/C15H22N2O3/c1-10-5-6-14(20-4)13(9-10)7-8-16-15(19)11(2)17-12(3)18/h5-6,9,11H,7-8H2,1-4H3,(H,16,19)(H,17,18). The summed E-state index contributed by atoms with van der Waals surface area (Å²) in [6, 6.07) is 5.43. The molecule has 0 bridgehead atoms. The van der Waals surface area contributed by atoms with Crippen LogP contribution in [0.5, 0.6) is 5.75 Å². The molecule has 0 fully saturated rings. The lowest BCUT2D eigenvalue weighted by Gasteiger charge is -2.14. The number of ether oxygens (including phenoxy) is 1. The SMILES string of the molecule is COc1ccc(C)cc1CCNC(=O)C(C)NC(C)=O. The third kappa shape index (κ3) is 4.91. The molecule has 5 heteroatoms. The van der Waals surface area contributed by atoms with E-state index in [4.69, 9.17) is 4.74 Å². The summed E-state index contributed by atoms with van der Waals surface area (Å²) in [5.74, 6) is 0.416. The van der Waals surface area contributed by atoms with Gasteiger partial charge in [-0.3, -0.25) is 9.59 Å². The van der Waals surface area contributed by atoms with Crippen molar-refractivity contribution in [1.29, 1.82) is 0 Å². The molecule has 1 aromatic rings. The van der Waals surface area contributed by atoms with Crippen molar-refractivity contribution in [2.45, 2.75) is 33.2 Å². The fourth-order valence-electron chi connectivity index (χ4n) is 1.95. The summed E-state index contributed by atoms with van der Waals surface area (Å²) >= 11 is 0. The smallest absolute Gasteiger partial charge is 0.242 e. The van der Waals surface area contributed by atoms with Gasteiger partial charge in [0.05, 0.1) is 7.11 Å². The average molecular weight is 278 g/mol. The quantitative estimate of drug-likeness (QED) is 0.821. The molecule has 1 rings (SSSR count). The first kappa shape index (κ1) is 16.0. The molecule has 0 heterocycles. The largest absolute Gasteiger partial charge is 0.496 e. The predicted octanol–water partition coefficient (Wildman–Crippen LogP) is 1.19. The first-order chi connectivity index (χ1) is 9.43. The molecular formula is C15H22N2O3. The Hall–Kier alpha value is -2.04. The van der Waals surface area contributed by atoms with Gasteiger partial charge in [0.15, 0.2) is 0 Å². The van der Waals surface area contributed by atoms with Gasteiger partial charge in [0.1, 0.15) is 11.8 Å². The van der Waals surface area contributed by atoms with E-state index in [9.17, 15) is 9.59 Å². The molecule has 5 nitrogen and oxygen atoms in total. The molecule has 0 saturated carbocycles. The van der Waals surface area contributed by atoms with Crippen molar-refractivity contribution in [3.05, 3.63) is 29.3 Å². The molecule has 110 valence electrons. The Morgan fingerprint density at radius 2 is 2.05 bits per heavy atom. The van der Waals surface area contributed by atoms with Crippen LogP contribution in [-0.4, -0.2) is 31.5 Å². The van der Waals surface area contributed by atoms with Crippen molar-refractivity contribution >= 4 is 11.8 Å². The number of amides is 2. The molecule has 0 aromatic heterocycles. The second-order valence-corrected chi connectivity index (χ2v) is 4.78. The summed E-state index contributed by atoms with van der Waals surface area (Å²) < 4.78 is 5.29. The monoisotopic (exact) mass is 278 g/mol. The Kier molecular flexibility index (Phi) is 6.03. The Morgan fingerprint density at radius 1 is 1.35 bits per heavy atom. The van der Waals surface area contributed by atoms with Crippen LogP contribution >= 0.6 is 0 Å². The predicted molar refractivity (Wildman–Crippen MR) is 77.7 cm³/mol. The van der Waals surface area contributed by atoms with Gasteiger partial charge in [-0.1, -0.05) is 17.7 Å². The molecule has 2 amide bonds. The van der Waals surface area contributed by atoms with Crippen LogP contribution in [0.2, 0.25) is 0 Å². The molecule has 1 unspecified atom stereocenters. The molecule has 1 aromatic carbocycles. The van der Waals surface area contributed by atoms with Crippen molar-refractivity contribution in [1.82, 2.24) is 10.6 Å². The maximum Gasteiger partial charge on any atom is 0.242 e. The van der Waals surface area contributed by atoms with Gasteiger partial charge in [-0.05, 0) is 31.9 Å². The third-order valence-electron chi connectivity index (χ3n) is 2.94. The number of benzene rings is 1. The highest BCUT2D eigenvalue weighted by Crippen LogP contribution is 2.19. The van der Waals surface area contributed by atoms with E-state index in [1.54, 1.807) is 14.0 Å². The normalized spacial score (nSPS) is 11.6. The molecule has 1 atom stereocenters. The molecule has 0 aliphatic carbocycles. The van der Waals surface area contributed by atoms with Crippen LogP contribution in [-0.2, 0) is 16.0 Å². The zero-order valence-electron chi connectivity index (χ0n) is 12.4. The number of carbonyl (C=O) groups excluding carboxylic acids is 2. The lowest BCUT2D eigenvalue weighted by Crippen LogP contribution is -2.44. The van der Waals surface area contributed by atoms with Gasteiger partial charge < -0.3 is 15.4 Å². The van der Waals surface area contributed by atoms with Crippen molar-refractivity contribution in [2.24, 2.45) is 0 Å². The Labute approximate surface area is 119 Å². The summed E-state index contributed by atoms with van der Waals surface area (Å²) in [6.07, 6.45) is 0.684. The van der Waals surface area contributed by atoms with E-state index in [2.05, 4.69) is 10.6 Å². The molecule has 0 aliphatic heterocycles. The Morgan fingerprint density at radius 3 is 2.65 bits per heavy atom. The highest BCUT2D eigenvalue weighted by molar-refractivity contribution is 5.86. The summed E-state index contributed by atoms with van der Waals surface area (Å²) in [4.78, 5) is 22.6. The number of carbonyl (C=O) groups is 2. The zero-order chi connectivity index (χ0) is 15.1. The van der Waals surface area contributed by atoms with E-state index in [1.165, 1.54) is 6.92 Å². The Balaban J connectivity index is 2.50. The molecule has 0 spiro atoms. The van der Waals surface area contributed by atoms with E-state index >= 15 is 0 Å². The van der Waals surface area contributed by atoms with Crippen LogP contribution in [0, 0.1) is 6.92 Å². The Bertz CT molecular complexity index is 486. The minimum Gasteiger partial charge on any atom is -0.496 e. The van der Waals surface area contributed by atoms with Gasteiger partial charge in [-0.2, -0.15) is 0 Å². The maximum absolute atomic E-state index is 11.7. The van der Waals surface area contributed by atoms with Gasteiger partial charge in [0.2, 0.25) is 11.8 Å². The number of aryl methyl sites for hydroxylation is 1. The van der Waals surface area contributed by atoms with Crippen LogP contribution in [0.4, 0.5) is 0 Å². The fourth-order valence-corrected chi connectivity index (χ4v) is 1.95. The lowest BCUT2D eigenvalue weighted by molar-refractivity contribution is -0.127. The van der Waals surface area contributed by atoms with E-state index in [1.807, 2.05) is 25.1 Å². The summed E-state index contributed by atoms with van der Waals surface area (Å²) in [5, 5.41) is 5.35. The van der Waals surface area contributed by atoms with E-state index in [0.717, 1.165) is 16.9 Å². The minimum atomic E-state index is -0.521. The summed E-state index contributed by atoms with van der Waals surface area (Å²) in [6.45, 7) is 5.56. The second-order valence-electron chi connectivity index (χ2n) is 4.78. The average Bonchev–Trinajstić information content (AvgIpc) is 2.38. The number of methoxy groups -OCH3 is 1. The van der Waals surface area contributed by atoms with Crippen LogP contribution in [0.1, 0.15) is 25.0 Å². The van der Waals surface area contributed by atoms with Gasteiger partial charge in [-0.25, -0.2) is 0 Å². The van der Waals surface area contributed by atoms with Crippen molar-refractivity contribution in [2.75, 3.05) is 13.7 Å². The maximum atomic E-state index is 11.7. The van der Waals surface area contributed by atoms with Gasteiger partial charge in [-0.15, -0.1) is 0 Å². The molecule has 2 N–H and O–H groups in total. The molecule has 0 aliphatic rings. The highest BCUT2D eigenvalue weighted by Gasteiger charge is 2.13. The van der Waals surface area contributed by atoms with Crippen molar-refractivity contribution < 1.29 is 14.3 Å². The topological polar surface area (TPSA) is 67.4 Å². The number of hydrogen-bond donors (Lipinski definition) is 2. The van der Waals surface area contributed by atoms with Crippen LogP contribution < -0.4 is 15.4 Å². The number of rotatable bonds is 6. The third-order valence-corrected chi connectivity index (χ3v) is 2.94. The van der Waals surface area contributed by atoms with Gasteiger partial charge >= 0.3 is 0 Å². The van der Waals surface area contributed by atoms with Crippen LogP contribution in [0.15, 0.2) is 18.2 Å². The van der Waals surface area contributed by atoms with E-state index in [0.29, 0.717) is 13.0 Å². The van der Waals surface area contributed by atoms with Crippen LogP contribution in [0.3, 0.4) is 0 Å².